The number of carbonyl (C=O) groups excluding carboxylic acids is 1. The normalized spacial score (nSPS) is 9.33. The lowest BCUT2D eigenvalue weighted by Crippen LogP contribution is -2.19. The molecule has 0 aliphatic heterocycles. The van der Waals surface area contributed by atoms with Gasteiger partial charge in [0.05, 0.1) is 0 Å². The van der Waals surface area contributed by atoms with Crippen molar-refractivity contribution < 1.29 is 14.7 Å². The smallest absolute Gasteiger partial charge is 0.342 e. The first-order valence-corrected chi connectivity index (χ1v) is 2.93. The molecule has 0 aromatic carbocycles. The second-order valence-corrected chi connectivity index (χ2v) is 1.93. The van der Waals surface area contributed by atoms with Crippen LogP contribution in [0.5, 0.6) is 0 Å². The number of aromatic carboxylic acids is 1. The van der Waals surface area contributed by atoms with Crippen LogP contribution in [0.1, 0.15) is 21.0 Å². The van der Waals surface area contributed by atoms with Crippen LogP contribution < -0.4 is 5.56 Å². The summed E-state index contributed by atoms with van der Waals surface area (Å²) in [5.74, 6) is -1.56. The van der Waals surface area contributed by atoms with E-state index < -0.39 is 17.1 Å². The SMILES string of the molecule is O=Cc1ncc(C(=O)O)c(=O)[nH]1. The van der Waals surface area contributed by atoms with Gasteiger partial charge >= 0.3 is 5.97 Å². The molecule has 0 saturated heterocycles. The Balaban J connectivity index is 3.30. The lowest BCUT2D eigenvalue weighted by molar-refractivity contribution is 0.0694. The Morgan fingerprint density at radius 2 is 2.33 bits per heavy atom. The van der Waals surface area contributed by atoms with Crippen molar-refractivity contribution >= 4 is 12.3 Å². The molecule has 0 spiro atoms. The first kappa shape index (κ1) is 8.12. The van der Waals surface area contributed by atoms with Crippen LogP contribution in [0.25, 0.3) is 0 Å². The average Bonchev–Trinajstić information content (AvgIpc) is 2.03. The van der Waals surface area contributed by atoms with Crippen LogP contribution >= 0.6 is 0 Å². The number of hydrogen-bond acceptors (Lipinski definition) is 4. The molecule has 12 heavy (non-hydrogen) atoms. The van der Waals surface area contributed by atoms with Crippen molar-refractivity contribution in [2.24, 2.45) is 0 Å². The summed E-state index contributed by atoms with van der Waals surface area (Å²) < 4.78 is 0. The van der Waals surface area contributed by atoms with E-state index in [4.69, 9.17) is 5.11 Å². The molecule has 62 valence electrons. The molecule has 0 radical (unpaired) electrons. The fourth-order valence-corrected chi connectivity index (χ4v) is 0.621. The molecule has 6 heteroatoms. The summed E-state index contributed by atoms with van der Waals surface area (Å²) >= 11 is 0. The second kappa shape index (κ2) is 2.95. The van der Waals surface area contributed by atoms with Gasteiger partial charge in [0, 0.05) is 6.20 Å². The molecule has 6 nitrogen and oxygen atoms in total. The minimum atomic E-state index is -1.37. The molecule has 2 N–H and O–H groups in total. The van der Waals surface area contributed by atoms with E-state index in [0.29, 0.717) is 6.29 Å². The van der Waals surface area contributed by atoms with Gasteiger partial charge in [0.25, 0.3) is 5.56 Å². The third kappa shape index (κ3) is 1.36. The fraction of sp³-hybridized carbons (Fsp3) is 0. The predicted molar refractivity (Wildman–Crippen MR) is 37.2 cm³/mol. The zero-order valence-corrected chi connectivity index (χ0v) is 5.77. The number of nitrogens with one attached hydrogen (secondary N) is 1. The average molecular weight is 168 g/mol. The number of hydrogen-bond donors (Lipinski definition) is 2. The summed E-state index contributed by atoms with van der Waals surface area (Å²) in [4.78, 5) is 36.5. The molecule has 0 aliphatic rings. The van der Waals surface area contributed by atoms with Gasteiger partial charge in [-0.05, 0) is 0 Å². The molecule has 0 fully saturated rings. The van der Waals surface area contributed by atoms with Gasteiger partial charge in [-0.15, -0.1) is 0 Å². The van der Waals surface area contributed by atoms with Crippen LogP contribution in [0, 0.1) is 0 Å². The van der Waals surface area contributed by atoms with Crippen molar-refractivity contribution in [3.05, 3.63) is 27.9 Å². The van der Waals surface area contributed by atoms with Gasteiger partial charge in [-0.2, -0.15) is 0 Å². The highest BCUT2D eigenvalue weighted by Gasteiger charge is 2.08. The molecule has 0 atom stereocenters. The Morgan fingerprint density at radius 3 is 2.75 bits per heavy atom. The number of aromatic amines is 1. The number of aldehydes is 1. The van der Waals surface area contributed by atoms with Crippen molar-refractivity contribution in [1.82, 2.24) is 9.97 Å². The summed E-state index contributed by atoms with van der Waals surface area (Å²) in [6.45, 7) is 0. The van der Waals surface area contributed by atoms with E-state index >= 15 is 0 Å². The minimum absolute atomic E-state index is 0.190. The third-order valence-electron chi connectivity index (χ3n) is 1.16. The second-order valence-electron chi connectivity index (χ2n) is 1.93. The topological polar surface area (TPSA) is 100 Å². The van der Waals surface area contributed by atoms with Gasteiger partial charge in [0.1, 0.15) is 5.56 Å². The molecule has 1 aromatic rings. The van der Waals surface area contributed by atoms with Gasteiger partial charge in [0.15, 0.2) is 12.1 Å². The molecule has 0 bridgehead atoms. The van der Waals surface area contributed by atoms with Crippen molar-refractivity contribution in [2.45, 2.75) is 0 Å². The Bertz CT molecular complexity index is 381. The van der Waals surface area contributed by atoms with Crippen molar-refractivity contribution in [3.8, 4) is 0 Å². The molecule has 1 aromatic heterocycles. The van der Waals surface area contributed by atoms with E-state index in [-0.39, 0.29) is 5.82 Å². The molecule has 0 amide bonds. The highest BCUT2D eigenvalue weighted by atomic mass is 16.4. The van der Waals surface area contributed by atoms with E-state index in [1.807, 2.05) is 4.98 Å². The first-order chi connectivity index (χ1) is 5.65. The van der Waals surface area contributed by atoms with Crippen molar-refractivity contribution in [1.29, 1.82) is 0 Å². The summed E-state index contributed by atoms with van der Waals surface area (Å²) in [6.07, 6.45) is 1.16. The van der Waals surface area contributed by atoms with Gasteiger partial charge < -0.3 is 10.1 Å². The van der Waals surface area contributed by atoms with E-state index in [1.165, 1.54) is 0 Å². The third-order valence-corrected chi connectivity index (χ3v) is 1.16. The van der Waals surface area contributed by atoms with Crippen LogP contribution in [0.2, 0.25) is 0 Å². The number of carbonyl (C=O) groups is 2. The Labute approximate surface area is 65.9 Å². The summed E-state index contributed by atoms with van der Waals surface area (Å²) in [5, 5.41) is 8.38. The maximum Gasteiger partial charge on any atom is 0.342 e. The molecular weight excluding hydrogens is 164 g/mol. The maximum atomic E-state index is 10.8. The number of H-pyrrole nitrogens is 1. The van der Waals surface area contributed by atoms with Gasteiger partial charge in [-0.1, -0.05) is 0 Å². The van der Waals surface area contributed by atoms with Crippen molar-refractivity contribution in [2.75, 3.05) is 0 Å². The van der Waals surface area contributed by atoms with Crippen LogP contribution in [0.4, 0.5) is 0 Å². The standard InChI is InChI=1S/C6H4N2O4/c9-2-4-7-1-3(6(11)12)5(10)8-4/h1-2H,(H,11,12)(H,7,8,10). The Hall–Kier alpha value is -1.98. The highest BCUT2D eigenvalue weighted by Crippen LogP contribution is 1.86. The zero-order valence-electron chi connectivity index (χ0n) is 5.77. The first-order valence-electron chi connectivity index (χ1n) is 2.93. The Morgan fingerprint density at radius 1 is 1.67 bits per heavy atom. The summed E-state index contributed by atoms with van der Waals surface area (Å²) in [7, 11) is 0. The number of carboxylic acids is 1. The molecule has 0 unspecified atom stereocenters. The van der Waals surface area contributed by atoms with Gasteiger partial charge in [-0.3, -0.25) is 9.59 Å². The monoisotopic (exact) mass is 168 g/mol. The lowest BCUT2D eigenvalue weighted by Gasteiger charge is -1.91. The molecule has 1 rings (SSSR count). The lowest BCUT2D eigenvalue weighted by atomic mass is 10.3. The van der Waals surface area contributed by atoms with Crippen molar-refractivity contribution in [3.63, 3.8) is 0 Å². The fourth-order valence-electron chi connectivity index (χ4n) is 0.621. The minimum Gasteiger partial charge on any atom is -0.477 e. The number of rotatable bonds is 2. The number of aromatic nitrogens is 2. The van der Waals surface area contributed by atoms with Gasteiger partial charge in [0.2, 0.25) is 0 Å². The summed E-state index contributed by atoms with van der Waals surface area (Å²) in [6, 6.07) is 0. The van der Waals surface area contributed by atoms with Gasteiger partial charge in [-0.25, -0.2) is 9.78 Å². The summed E-state index contributed by atoms with van der Waals surface area (Å²) in [5.41, 5.74) is -1.32. The van der Waals surface area contributed by atoms with Crippen LogP contribution in [0.3, 0.4) is 0 Å². The van der Waals surface area contributed by atoms with E-state index in [0.717, 1.165) is 6.20 Å². The molecular formula is C6H4N2O4. The van der Waals surface area contributed by atoms with Crippen LogP contribution in [0.15, 0.2) is 11.0 Å². The highest BCUT2D eigenvalue weighted by molar-refractivity contribution is 5.86. The van der Waals surface area contributed by atoms with Crippen LogP contribution in [-0.4, -0.2) is 27.3 Å². The van der Waals surface area contributed by atoms with E-state index in [9.17, 15) is 14.4 Å². The Kier molecular flexibility index (Phi) is 2.00. The molecule has 0 aliphatic carbocycles. The maximum absolute atomic E-state index is 10.8. The number of carboxylic acid groups (broad SMARTS) is 1. The van der Waals surface area contributed by atoms with Crippen LogP contribution in [-0.2, 0) is 0 Å². The number of nitrogens with zero attached hydrogens (tertiary/aromatic N) is 1. The van der Waals surface area contributed by atoms with E-state index in [2.05, 4.69) is 4.98 Å². The largest absolute Gasteiger partial charge is 0.477 e. The predicted octanol–water partition coefficient (Wildman–Crippen LogP) is -0.719. The quantitative estimate of drug-likeness (QED) is 0.567. The molecule has 0 saturated carbocycles. The zero-order chi connectivity index (χ0) is 9.14. The van der Waals surface area contributed by atoms with E-state index in [1.54, 1.807) is 0 Å². The molecule has 1 heterocycles.